The second-order valence-electron chi connectivity index (χ2n) is 22.9. The van der Waals surface area contributed by atoms with Crippen LogP contribution in [0.5, 0.6) is 0 Å². The molecule has 0 aliphatic rings. The van der Waals surface area contributed by atoms with Gasteiger partial charge < -0.3 is 10.0 Å². The van der Waals surface area contributed by atoms with Crippen molar-refractivity contribution in [1.29, 1.82) is 0 Å². The molecule has 0 amide bonds. The van der Waals surface area contributed by atoms with Gasteiger partial charge in [0, 0.05) is 19.5 Å². The van der Waals surface area contributed by atoms with E-state index in [9.17, 15) is 10.0 Å². The number of halogens is 4. The Morgan fingerprint density at radius 3 is 0.797 bits per heavy atom. The third-order valence-electron chi connectivity index (χ3n) is 16.3. The van der Waals surface area contributed by atoms with Crippen molar-refractivity contribution in [2.75, 3.05) is 0 Å². The van der Waals surface area contributed by atoms with Crippen molar-refractivity contribution in [3.8, 4) is 55.6 Å². The van der Waals surface area contributed by atoms with Crippen LogP contribution in [0.3, 0.4) is 0 Å². The maximum Gasteiger partial charge on any atom is 0.488 e. The maximum absolute atomic E-state index is 10.8. The standard InChI is InChI=1S/C72H95BBrCl3O2/c1-7-13-19-25-31-52-46-68(60-38-61(43-65(76)42-60)71-49-57(36-30-24-18-12-6)72(73(78)79)50-56(71)35-29-23-17-11-5)53(32-26-20-14-8-2)45-67(52)58-37-59(41-64(75)40-58)69-47-55(34-28-22-16-10-4)70(48-54(69)33-27-21-15-9-3)62-39-63(74)51-66(77)44-62/h37-51,78-79H,7-36H2,1-6H3. The minimum absolute atomic E-state index is 0.642. The third-order valence-corrected chi connectivity index (χ3v) is 17.4. The predicted octanol–water partition coefficient (Wildman–Crippen LogP) is 23.2. The van der Waals surface area contributed by atoms with Crippen LogP contribution in [0, 0.1) is 0 Å². The van der Waals surface area contributed by atoms with Gasteiger partial charge >= 0.3 is 7.12 Å². The van der Waals surface area contributed by atoms with Crippen molar-refractivity contribution in [2.24, 2.45) is 0 Å². The van der Waals surface area contributed by atoms with Gasteiger partial charge in [-0.2, -0.15) is 0 Å². The zero-order valence-corrected chi connectivity index (χ0v) is 53.2. The fourth-order valence-electron chi connectivity index (χ4n) is 11.9. The molecule has 0 aromatic heterocycles. The first-order chi connectivity index (χ1) is 38.4. The molecule has 6 rings (SSSR count). The van der Waals surface area contributed by atoms with E-state index in [0.29, 0.717) is 5.46 Å². The lowest BCUT2D eigenvalue weighted by Crippen LogP contribution is -2.33. The molecule has 0 aliphatic carbocycles. The van der Waals surface area contributed by atoms with Crippen molar-refractivity contribution >= 4 is 63.3 Å². The Balaban J connectivity index is 1.56. The van der Waals surface area contributed by atoms with Crippen molar-refractivity contribution < 1.29 is 10.0 Å². The van der Waals surface area contributed by atoms with Gasteiger partial charge in [0.25, 0.3) is 0 Å². The monoisotopic (exact) mass is 1190 g/mol. The van der Waals surface area contributed by atoms with Gasteiger partial charge in [-0.05, 0) is 226 Å². The van der Waals surface area contributed by atoms with Crippen LogP contribution in [0.15, 0.2) is 95.5 Å². The molecule has 0 aliphatic heterocycles. The van der Waals surface area contributed by atoms with Crippen molar-refractivity contribution in [1.82, 2.24) is 0 Å². The number of hydrogen-bond acceptors (Lipinski definition) is 2. The largest absolute Gasteiger partial charge is 0.488 e. The molecular formula is C72H95BBrCl3O2. The van der Waals surface area contributed by atoms with Crippen LogP contribution in [-0.2, 0) is 38.5 Å². The highest BCUT2D eigenvalue weighted by atomic mass is 79.9. The number of hydrogen-bond donors (Lipinski definition) is 2. The summed E-state index contributed by atoms with van der Waals surface area (Å²) in [6.07, 6.45) is 33.6. The zero-order valence-electron chi connectivity index (χ0n) is 49.4. The Bertz CT molecular complexity index is 2800. The molecule has 0 heterocycles. The van der Waals surface area contributed by atoms with E-state index >= 15 is 0 Å². The Hall–Kier alpha value is -3.35. The van der Waals surface area contributed by atoms with Gasteiger partial charge in [0.05, 0.1) is 0 Å². The fourth-order valence-corrected chi connectivity index (χ4v) is 13.2. The number of unbranched alkanes of at least 4 members (excludes halogenated alkanes) is 18. The molecule has 0 unspecified atom stereocenters. The SMILES string of the molecule is CCCCCCc1cc(-c2cc(Cl)cc(-c3cc(CCCCCC)c(-c4cc(Cl)cc(-c5cc(CCCCCC)c(-c6cc(Cl)cc(Br)c6)cc5CCCCCC)c4)cc3CCCCCC)c2)c(CCCCCC)cc1B(O)O. The normalized spacial score (nSPS) is 11.5. The smallest absolute Gasteiger partial charge is 0.423 e. The first kappa shape index (κ1) is 64.8. The summed E-state index contributed by atoms with van der Waals surface area (Å²) in [5.74, 6) is 0. The summed E-state index contributed by atoms with van der Waals surface area (Å²) >= 11 is 25.3. The summed E-state index contributed by atoms with van der Waals surface area (Å²) in [6, 6.07) is 34.3. The molecular weight excluding hydrogens is 1090 g/mol. The Morgan fingerprint density at radius 2 is 0.532 bits per heavy atom. The summed E-state index contributed by atoms with van der Waals surface area (Å²) in [5.41, 5.74) is 20.3. The van der Waals surface area contributed by atoms with Gasteiger partial charge in [-0.1, -0.05) is 244 Å². The van der Waals surface area contributed by atoms with E-state index in [1.807, 2.05) is 6.07 Å². The molecule has 0 bridgehead atoms. The van der Waals surface area contributed by atoms with Gasteiger partial charge in [-0.3, -0.25) is 0 Å². The van der Waals surface area contributed by atoms with Crippen LogP contribution in [0.4, 0.5) is 0 Å². The zero-order chi connectivity index (χ0) is 56.5. The third kappa shape index (κ3) is 19.9. The van der Waals surface area contributed by atoms with Crippen molar-refractivity contribution in [2.45, 2.75) is 234 Å². The maximum atomic E-state index is 10.8. The molecule has 0 saturated heterocycles. The van der Waals surface area contributed by atoms with E-state index in [-0.39, 0.29) is 0 Å². The van der Waals surface area contributed by atoms with E-state index < -0.39 is 7.12 Å². The molecule has 2 nitrogen and oxygen atoms in total. The fraction of sp³-hybridized carbons (Fsp3) is 0.500. The van der Waals surface area contributed by atoms with Crippen LogP contribution < -0.4 is 5.46 Å². The molecule has 0 radical (unpaired) electrons. The summed E-state index contributed by atoms with van der Waals surface area (Å²) < 4.78 is 0.997. The van der Waals surface area contributed by atoms with Crippen molar-refractivity contribution in [3.05, 3.63) is 144 Å². The topological polar surface area (TPSA) is 40.5 Å². The minimum atomic E-state index is -1.52. The molecule has 6 aromatic carbocycles. The van der Waals surface area contributed by atoms with Gasteiger partial charge in [0.2, 0.25) is 0 Å². The lowest BCUT2D eigenvalue weighted by molar-refractivity contribution is 0.425. The highest BCUT2D eigenvalue weighted by molar-refractivity contribution is 9.10. The Morgan fingerprint density at radius 1 is 0.291 bits per heavy atom. The average Bonchev–Trinajstić information content (AvgIpc) is 3.57. The van der Waals surface area contributed by atoms with Gasteiger partial charge in [0.1, 0.15) is 0 Å². The molecule has 6 aromatic rings. The molecule has 0 atom stereocenters. The summed E-state index contributed by atoms with van der Waals surface area (Å²) in [4.78, 5) is 0. The lowest BCUT2D eigenvalue weighted by Gasteiger charge is -2.21. The molecule has 0 spiro atoms. The first-order valence-corrected chi connectivity index (χ1v) is 33.3. The number of rotatable bonds is 36. The van der Waals surface area contributed by atoms with E-state index in [2.05, 4.69) is 142 Å². The molecule has 0 saturated carbocycles. The molecule has 426 valence electrons. The van der Waals surface area contributed by atoms with Gasteiger partial charge in [-0.25, -0.2) is 0 Å². The van der Waals surface area contributed by atoms with Crippen LogP contribution in [0.1, 0.15) is 229 Å². The highest BCUT2D eigenvalue weighted by Crippen LogP contribution is 2.43. The van der Waals surface area contributed by atoms with Crippen LogP contribution in [-0.4, -0.2) is 17.2 Å². The van der Waals surface area contributed by atoms with E-state index in [0.717, 1.165) is 149 Å². The second-order valence-corrected chi connectivity index (χ2v) is 25.1. The first-order valence-electron chi connectivity index (χ1n) is 31.3. The predicted molar refractivity (Wildman–Crippen MR) is 353 cm³/mol. The van der Waals surface area contributed by atoms with Crippen LogP contribution >= 0.6 is 50.7 Å². The second kappa shape index (κ2) is 34.9. The minimum Gasteiger partial charge on any atom is -0.423 e. The van der Waals surface area contributed by atoms with Crippen LogP contribution in [0.25, 0.3) is 55.6 Å². The quantitative estimate of drug-likeness (QED) is 0.0304. The summed E-state index contributed by atoms with van der Waals surface area (Å²) in [7, 11) is -1.52. The van der Waals surface area contributed by atoms with Gasteiger partial charge in [0.15, 0.2) is 0 Å². The summed E-state index contributed by atoms with van der Waals surface area (Å²) in [6.45, 7) is 13.6. The summed E-state index contributed by atoms with van der Waals surface area (Å²) in [5, 5.41) is 23.8. The van der Waals surface area contributed by atoms with E-state index in [4.69, 9.17) is 34.8 Å². The average molecular weight is 1190 g/mol. The molecule has 79 heavy (non-hydrogen) atoms. The van der Waals surface area contributed by atoms with Gasteiger partial charge in [-0.15, -0.1) is 0 Å². The Labute approximate surface area is 503 Å². The molecule has 7 heteroatoms. The van der Waals surface area contributed by atoms with E-state index in [1.54, 1.807) is 0 Å². The number of benzene rings is 6. The lowest BCUT2D eigenvalue weighted by atomic mass is 9.73. The molecule has 0 fully saturated rings. The van der Waals surface area contributed by atoms with E-state index in [1.165, 1.54) is 152 Å². The van der Waals surface area contributed by atoms with Crippen LogP contribution in [0.2, 0.25) is 15.1 Å². The Kier molecular flexibility index (Phi) is 28.7. The number of aryl methyl sites for hydroxylation is 6. The highest BCUT2D eigenvalue weighted by Gasteiger charge is 2.23. The molecule has 2 N–H and O–H groups in total. The van der Waals surface area contributed by atoms with Crippen molar-refractivity contribution in [3.63, 3.8) is 0 Å².